The molecule has 0 aliphatic heterocycles. The zero-order valence-corrected chi connectivity index (χ0v) is 71.5. The highest BCUT2D eigenvalue weighted by Crippen LogP contribution is 2.66. The van der Waals surface area contributed by atoms with Crippen LogP contribution in [0.2, 0.25) is 0 Å². The van der Waals surface area contributed by atoms with Crippen molar-refractivity contribution in [2.45, 2.75) is 56.8 Å². The molecular formula is C111H80N4O16. The van der Waals surface area contributed by atoms with Crippen LogP contribution in [-0.2, 0) is 16.2 Å². The molecule has 0 radical (unpaired) electrons. The maximum Gasteiger partial charge on any atom is 0.196 e. The number of ether oxygens (including phenoxy) is 12. The predicted molar refractivity (Wildman–Crippen MR) is 492 cm³/mol. The lowest BCUT2D eigenvalue weighted by molar-refractivity contribution is 0.102. The fourth-order valence-corrected chi connectivity index (χ4v) is 16.7. The molecule has 0 aromatic heterocycles. The third-order valence-electron chi connectivity index (χ3n) is 22.4. The summed E-state index contributed by atoms with van der Waals surface area (Å²) in [6, 6.07) is 89.4. The second-order valence-corrected chi connectivity index (χ2v) is 31.9. The molecule has 20 nitrogen and oxygen atoms in total. The molecule has 640 valence electrons. The van der Waals surface area contributed by atoms with Gasteiger partial charge >= 0.3 is 0 Å². The molecule has 2 aliphatic rings. The van der Waals surface area contributed by atoms with Gasteiger partial charge in [-0.2, -0.15) is 21.0 Å². The Morgan fingerprint density at radius 1 is 0.282 bits per heavy atom. The summed E-state index contributed by atoms with van der Waals surface area (Å²) >= 11 is 0. The number of carbonyl (C=O) groups excluding carboxylic acids is 4. The minimum absolute atomic E-state index is 0.00125. The summed E-state index contributed by atoms with van der Waals surface area (Å²) in [5.74, 6) is 0.165. The van der Waals surface area contributed by atoms with Gasteiger partial charge in [-0.3, -0.25) is 19.2 Å². The van der Waals surface area contributed by atoms with Crippen molar-refractivity contribution in [3.8, 4) is 139 Å². The molecule has 14 aromatic rings. The molecule has 0 amide bonds. The zero-order chi connectivity index (χ0) is 91.5. The van der Waals surface area contributed by atoms with Crippen LogP contribution in [0, 0.1) is 45.3 Å². The number of nitrogens with zero attached hydrogens (tertiary/aromatic N) is 4. The van der Waals surface area contributed by atoms with E-state index >= 15 is 0 Å². The van der Waals surface area contributed by atoms with Gasteiger partial charge < -0.3 is 56.8 Å². The number of ketones is 4. The lowest BCUT2D eigenvalue weighted by atomic mass is 9.72. The van der Waals surface area contributed by atoms with Crippen molar-refractivity contribution < 1.29 is 76.0 Å². The van der Waals surface area contributed by atoms with E-state index in [2.05, 4.69) is 78.3 Å². The maximum atomic E-state index is 14.5. The van der Waals surface area contributed by atoms with Gasteiger partial charge in [-0.15, -0.1) is 0 Å². The van der Waals surface area contributed by atoms with E-state index < -0.39 is 16.2 Å². The van der Waals surface area contributed by atoms with Crippen molar-refractivity contribution in [2.24, 2.45) is 0 Å². The molecule has 14 aromatic carbocycles. The third kappa shape index (κ3) is 17.9. The molecule has 16 rings (SSSR count). The smallest absolute Gasteiger partial charge is 0.196 e. The molecule has 0 heterocycles. The normalized spacial score (nSPS) is 13.3. The SMILES string of the molecule is C=CCOc1ccc(C(=O)c2ccccc2)c(Oc2cccc(Oc3cc4c(cc3Oc3cccc(Oc5cc(OCC=C)ccc5C(=O)c5ccccc5)c3C#N)C3(CC(C)(C)c5cc(Oc6cccc(Oc7cc(OC=C)ccc7C(=O)c7ccccc7)c6C#N)c(Oc6cccc(Oc7cc(OC=C)ccc7C(=O)c7ccccc7)c6C#N)cc53)CC4(C)C)c2C#N)c1. The highest BCUT2D eigenvalue weighted by atomic mass is 16.5. The standard InChI is InChI=1S/C111H80N4O16/c1-9-53-122-75-47-51-79(107(118)71-33-21-15-22-34-71)99(57-75)126-91-39-26-42-94(82(91)64-113)129-102-60-86-88(62-104(102)131-96-44-28-40-92(84(96)66-115)127-100-58-76(123-54-10-2)48-52-80(100)108(119)72-35-23-16-24-36-72)111(68-110(86,7)8)67-109(5,6)85-59-101(128-93-41-25-37-89(81(93)63-112)124-97-55-73(120-11-3)45-49-77(97)105(116)69-29-17-13-18-30-69)103(61-87(85)111)130-95-43-27-38-90(83(95)65-114)125-98-56-74(121-12-4)46-50-78(98)106(117)70-31-19-14-20-32-70/h9-52,55-62H,1-4,53-54,67-68H2,5-8H3. The second kappa shape index (κ2) is 37.6. The highest BCUT2D eigenvalue weighted by molar-refractivity contribution is 6.13. The number of hydrogen-bond donors (Lipinski definition) is 0. The average Bonchev–Trinajstić information content (AvgIpc) is 1.52. The van der Waals surface area contributed by atoms with Crippen LogP contribution in [0.5, 0.6) is 115 Å². The van der Waals surface area contributed by atoms with Crippen LogP contribution < -0.4 is 56.8 Å². The monoisotopic (exact) mass is 1720 g/mol. The second-order valence-electron chi connectivity index (χ2n) is 31.9. The first-order chi connectivity index (χ1) is 63.7. The van der Waals surface area contributed by atoms with Gasteiger partial charge in [0, 0.05) is 51.9 Å². The van der Waals surface area contributed by atoms with Crippen molar-refractivity contribution >= 4 is 23.1 Å². The Bertz CT molecular complexity index is 7100. The predicted octanol–water partition coefficient (Wildman–Crippen LogP) is 26.3. The van der Waals surface area contributed by atoms with Crippen molar-refractivity contribution in [1.82, 2.24) is 0 Å². The average molecular weight is 1730 g/mol. The molecule has 0 N–H and O–H groups in total. The number of fused-ring (bicyclic) bond motifs is 4. The first kappa shape index (κ1) is 86.8. The molecule has 2 aliphatic carbocycles. The molecule has 20 heteroatoms. The van der Waals surface area contributed by atoms with Crippen LogP contribution in [0.1, 0.15) is 149 Å². The molecule has 0 saturated carbocycles. The van der Waals surface area contributed by atoms with E-state index in [-0.39, 0.29) is 184 Å². The van der Waals surface area contributed by atoms with Crippen LogP contribution in [-0.4, -0.2) is 36.3 Å². The summed E-state index contributed by atoms with van der Waals surface area (Å²) in [7, 11) is 0. The molecule has 0 bridgehead atoms. The van der Waals surface area contributed by atoms with E-state index in [1.165, 1.54) is 24.7 Å². The Labute approximate surface area is 756 Å². The fraction of sp³-hybridized carbons (Fsp3) is 0.0991. The Kier molecular flexibility index (Phi) is 24.9. The molecule has 1 spiro atoms. The lowest BCUT2D eigenvalue weighted by Gasteiger charge is -2.31. The maximum absolute atomic E-state index is 14.5. The molecule has 1 unspecified atom stereocenters. The Hall–Kier alpha value is -17.7. The van der Waals surface area contributed by atoms with Crippen LogP contribution in [0.15, 0.2) is 342 Å². The summed E-state index contributed by atoms with van der Waals surface area (Å²) in [5, 5.41) is 46.0. The van der Waals surface area contributed by atoms with Crippen molar-refractivity contribution in [1.29, 1.82) is 21.0 Å². The summed E-state index contributed by atoms with van der Waals surface area (Å²) in [4.78, 5) is 57.7. The van der Waals surface area contributed by atoms with Gasteiger partial charge in [0.05, 0.1) is 34.8 Å². The molecular weight excluding hydrogens is 1650 g/mol. The van der Waals surface area contributed by atoms with Gasteiger partial charge in [0.25, 0.3) is 0 Å². The minimum Gasteiger partial charge on any atom is -0.489 e. The topological polar surface area (TPSA) is 274 Å². The van der Waals surface area contributed by atoms with E-state index in [1.54, 1.807) is 267 Å². The number of hydrogen-bond acceptors (Lipinski definition) is 20. The van der Waals surface area contributed by atoms with E-state index in [1.807, 2.05) is 24.3 Å². The van der Waals surface area contributed by atoms with Crippen LogP contribution in [0.3, 0.4) is 0 Å². The Morgan fingerprint density at radius 3 is 0.748 bits per heavy atom. The van der Waals surface area contributed by atoms with Gasteiger partial charge in [-0.25, -0.2) is 0 Å². The Balaban J connectivity index is 0.867. The fourth-order valence-electron chi connectivity index (χ4n) is 16.7. The molecule has 0 fully saturated rings. The lowest BCUT2D eigenvalue weighted by Crippen LogP contribution is -2.27. The van der Waals surface area contributed by atoms with Crippen molar-refractivity contribution in [3.63, 3.8) is 0 Å². The summed E-state index contributed by atoms with van der Waals surface area (Å²) in [6.45, 7) is 23.7. The minimum atomic E-state index is -1.02. The number of rotatable bonds is 34. The van der Waals surface area contributed by atoms with Crippen molar-refractivity contribution in [3.05, 3.63) is 431 Å². The highest BCUT2D eigenvalue weighted by Gasteiger charge is 2.57. The largest absolute Gasteiger partial charge is 0.489 e. The number of nitriles is 4. The Morgan fingerprint density at radius 2 is 0.511 bits per heavy atom. The van der Waals surface area contributed by atoms with E-state index in [9.17, 15) is 40.2 Å². The van der Waals surface area contributed by atoms with Crippen LogP contribution >= 0.6 is 0 Å². The molecule has 0 saturated heterocycles. The summed E-state index contributed by atoms with van der Waals surface area (Å²) in [6.07, 6.45) is 6.43. The number of benzene rings is 14. The zero-order valence-electron chi connectivity index (χ0n) is 71.5. The van der Waals surface area contributed by atoms with Gasteiger partial charge in [0.15, 0.2) is 46.1 Å². The van der Waals surface area contributed by atoms with Gasteiger partial charge in [0.1, 0.15) is 152 Å². The van der Waals surface area contributed by atoms with Gasteiger partial charge in [-0.1, -0.05) is 212 Å². The van der Waals surface area contributed by atoms with Crippen molar-refractivity contribution in [2.75, 3.05) is 13.2 Å². The van der Waals surface area contributed by atoms with Crippen LogP contribution in [0.4, 0.5) is 0 Å². The number of carbonyl (C=O) groups is 4. The van der Waals surface area contributed by atoms with Gasteiger partial charge in [0.2, 0.25) is 0 Å². The van der Waals surface area contributed by atoms with Gasteiger partial charge in [-0.05, 0) is 167 Å². The first-order valence-corrected chi connectivity index (χ1v) is 41.6. The quantitative estimate of drug-likeness (QED) is 0.0206. The molecule has 131 heavy (non-hydrogen) atoms. The summed E-state index contributed by atoms with van der Waals surface area (Å²) < 4.78 is 78.8. The van der Waals surface area contributed by atoms with E-state index in [4.69, 9.17) is 56.8 Å². The van der Waals surface area contributed by atoms with Crippen LogP contribution in [0.25, 0.3) is 0 Å². The van der Waals surface area contributed by atoms with E-state index in [0.29, 0.717) is 46.6 Å². The third-order valence-corrected chi connectivity index (χ3v) is 22.4. The molecule has 1 atom stereocenters. The first-order valence-electron chi connectivity index (χ1n) is 41.6. The summed E-state index contributed by atoms with van der Waals surface area (Å²) in [5.41, 5.74) is 2.22. The van der Waals surface area contributed by atoms with E-state index in [0.717, 1.165) is 22.3 Å².